The van der Waals surface area contributed by atoms with Gasteiger partial charge in [-0.05, 0) is 50.4 Å². The molecule has 0 radical (unpaired) electrons. The molecule has 6 atom stereocenters. The number of aliphatic hydroxyl groups is 3. The minimum atomic E-state index is -0.935. The highest BCUT2D eigenvalue weighted by molar-refractivity contribution is 5.61. The summed E-state index contributed by atoms with van der Waals surface area (Å²) in [6, 6.07) is -0.222. The zero-order valence-electron chi connectivity index (χ0n) is 13.6. The van der Waals surface area contributed by atoms with Crippen LogP contribution in [0.4, 0.5) is 0 Å². The van der Waals surface area contributed by atoms with E-state index in [1.165, 1.54) is 5.57 Å². The van der Waals surface area contributed by atoms with E-state index in [0.29, 0.717) is 12.2 Å². The van der Waals surface area contributed by atoms with E-state index in [-0.39, 0.29) is 17.4 Å². The van der Waals surface area contributed by atoms with Crippen molar-refractivity contribution in [3.8, 4) is 0 Å². The van der Waals surface area contributed by atoms with E-state index < -0.39 is 18.2 Å². The molecule has 0 bridgehead atoms. The highest BCUT2D eigenvalue weighted by Gasteiger charge is 2.69. The van der Waals surface area contributed by atoms with Crippen molar-refractivity contribution in [1.82, 2.24) is 9.80 Å². The van der Waals surface area contributed by atoms with Gasteiger partial charge in [0.05, 0.1) is 17.9 Å². The second-order valence-electron chi connectivity index (χ2n) is 8.02. The molecule has 1 spiro atoms. The number of aliphatic hydroxyl groups excluding tert-OH is 3. The topological polar surface area (TPSA) is 84.2 Å². The number of allylic oxidation sites excluding steroid dienone is 2. The highest BCUT2D eigenvalue weighted by Crippen LogP contribution is 2.63. The first-order valence-electron chi connectivity index (χ1n) is 9.06. The fraction of sp³-hybridized carbons (Fsp3) is 0.722. The third kappa shape index (κ3) is 1.55. The lowest BCUT2D eigenvalue weighted by molar-refractivity contribution is -0.156. The second kappa shape index (κ2) is 4.84. The summed E-state index contributed by atoms with van der Waals surface area (Å²) in [5, 5.41) is 31.7. The predicted octanol–water partition coefficient (Wildman–Crippen LogP) is 0.523. The first-order valence-corrected chi connectivity index (χ1v) is 9.06. The predicted molar refractivity (Wildman–Crippen MR) is 85.8 cm³/mol. The molecule has 6 nitrogen and oxygen atoms in total. The zero-order valence-corrected chi connectivity index (χ0v) is 13.6. The average molecular weight is 332 g/mol. The van der Waals surface area contributed by atoms with Crippen molar-refractivity contribution in [3.05, 3.63) is 23.1 Å². The SMILES string of the molecule is O=CN1C2=C(CCC(O)=C2)C23CCN4CCCC(C(O)C(O)C12)C43. The first kappa shape index (κ1) is 14.9. The van der Waals surface area contributed by atoms with E-state index in [1.54, 1.807) is 11.0 Å². The van der Waals surface area contributed by atoms with Gasteiger partial charge in [-0.2, -0.15) is 0 Å². The van der Waals surface area contributed by atoms with E-state index in [0.717, 1.165) is 50.9 Å². The maximum Gasteiger partial charge on any atom is 0.214 e. The summed E-state index contributed by atoms with van der Waals surface area (Å²) < 4.78 is 0. The molecule has 0 aromatic heterocycles. The van der Waals surface area contributed by atoms with Gasteiger partial charge in [-0.15, -0.1) is 0 Å². The molecule has 24 heavy (non-hydrogen) atoms. The molecular formula is C18H24N2O4. The Kier molecular flexibility index (Phi) is 3.01. The van der Waals surface area contributed by atoms with Crippen LogP contribution in [0, 0.1) is 11.3 Å². The Morgan fingerprint density at radius 3 is 2.79 bits per heavy atom. The third-order valence-corrected chi connectivity index (χ3v) is 7.26. The molecule has 3 N–H and O–H groups in total. The summed E-state index contributed by atoms with van der Waals surface area (Å²) in [6.45, 7) is 1.99. The largest absolute Gasteiger partial charge is 0.512 e. The number of hydrogen-bond donors (Lipinski definition) is 3. The average Bonchev–Trinajstić information content (AvgIpc) is 3.10. The second-order valence-corrected chi connectivity index (χ2v) is 8.02. The van der Waals surface area contributed by atoms with E-state index in [2.05, 4.69) is 4.90 Å². The van der Waals surface area contributed by atoms with Crippen molar-refractivity contribution in [2.75, 3.05) is 13.1 Å². The number of carbonyl (C=O) groups excluding carboxylic acids is 1. The van der Waals surface area contributed by atoms with Crippen molar-refractivity contribution >= 4 is 6.41 Å². The number of rotatable bonds is 1. The highest BCUT2D eigenvalue weighted by atomic mass is 16.3. The smallest absolute Gasteiger partial charge is 0.214 e. The summed E-state index contributed by atoms with van der Waals surface area (Å²) >= 11 is 0. The van der Waals surface area contributed by atoms with Crippen molar-refractivity contribution in [3.63, 3.8) is 0 Å². The fourth-order valence-corrected chi connectivity index (χ4v) is 6.55. The number of carbonyl (C=O) groups is 1. The lowest BCUT2D eigenvalue weighted by Gasteiger charge is -2.56. The summed E-state index contributed by atoms with van der Waals surface area (Å²) in [4.78, 5) is 15.9. The van der Waals surface area contributed by atoms with Crippen molar-refractivity contribution in [2.24, 2.45) is 11.3 Å². The molecule has 5 rings (SSSR count). The van der Waals surface area contributed by atoms with Gasteiger partial charge in [0.1, 0.15) is 6.10 Å². The molecule has 3 fully saturated rings. The molecule has 0 aromatic carbocycles. The first-order chi connectivity index (χ1) is 11.6. The Morgan fingerprint density at radius 2 is 2.00 bits per heavy atom. The Balaban J connectivity index is 1.73. The molecule has 1 saturated carbocycles. The molecule has 5 aliphatic rings. The third-order valence-electron chi connectivity index (χ3n) is 7.26. The normalized spacial score (nSPS) is 47.2. The van der Waals surface area contributed by atoms with Gasteiger partial charge in [0.2, 0.25) is 6.41 Å². The maximum absolute atomic E-state index is 11.9. The number of piperidine rings is 1. The fourth-order valence-electron chi connectivity index (χ4n) is 6.55. The maximum atomic E-state index is 11.9. The quantitative estimate of drug-likeness (QED) is 0.610. The number of hydrogen-bond acceptors (Lipinski definition) is 5. The van der Waals surface area contributed by atoms with E-state index in [1.807, 2.05) is 0 Å². The zero-order chi connectivity index (χ0) is 16.6. The molecular weight excluding hydrogens is 308 g/mol. The van der Waals surface area contributed by atoms with Crippen LogP contribution in [-0.4, -0.2) is 68.9 Å². The molecule has 3 aliphatic heterocycles. The molecule has 130 valence electrons. The van der Waals surface area contributed by atoms with Crippen molar-refractivity contribution in [1.29, 1.82) is 0 Å². The Bertz CT molecular complexity index is 659. The summed E-state index contributed by atoms with van der Waals surface area (Å²) in [6.07, 6.45) is 4.96. The van der Waals surface area contributed by atoms with E-state index >= 15 is 0 Å². The Morgan fingerprint density at radius 1 is 1.17 bits per heavy atom. The van der Waals surface area contributed by atoms with Crippen molar-refractivity contribution < 1.29 is 20.1 Å². The minimum Gasteiger partial charge on any atom is -0.512 e. The molecule has 6 heteroatoms. The molecule has 0 aromatic rings. The Hall–Kier alpha value is -1.37. The van der Waals surface area contributed by atoms with Crippen LogP contribution in [-0.2, 0) is 4.79 Å². The van der Waals surface area contributed by atoms with Gasteiger partial charge >= 0.3 is 0 Å². The molecule has 2 saturated heterocycles. The van der Waals surface area contributed by atoms with Crippen LogP contribution in [0.1, 0.15) is 32.1 Å². The standard InChI is InChI=1S/C18H24N2O4/c21-9-20-13-8-10(22)3-4-12(13)18-5-7-19-6-1-2-11(16(18)19)14(23)15(24)17(18)20/h8-9,11,14-17,22-24H,1-7H2. The van der Waals surface area contributed by atoms with Gasteiger partial charge in [-0.3, -0.25) is 9.69 Å². The molecule has 2 aliphatic carbocycles. The van der Waals surface area contributed by atoms with Gasteiger partial charge in [0.25, 0.3) is 0 Å². The van der Waals surface area contributed by atoms with Crippen LogP contribution >= 0.6 is 0 Å². The van der Waals surface area contributed by atoms with Gasteiger partial charge in [-0.1, -0.05) is 0 Å². The summed E-state index contributed by atoms with van der Waals surface area (Å²) in [5.41, 5.74) is 1.71. The molecule has 3 heterocycles. The number of amides is 1. The van der Waals surface area contributed by atoms with E-state index in [9.17, 15) is 20.1 Å². The van der Waals surface area contributed by atoms with Crippen LogP contribution in [0.2, 0.25) is 0 Å². The lowest BCUT2D eigenvalue weighted by atomic mass is 9.56. The van der Waals surface area contributed by atoms with Gasteiger partial charge < -0.3 is 20.2 Å². The van der Waals surface area contributed by atoms with Crippen molar-refractivity contribution in [2.45, 2.75) is 56.4 Å². The molecule has 1 amide bonds. The van der Waals surface area contributed by atoms with Crippen LogP contribution in [0.15, 0.2) is 23.1 Å². The van der Waals surface area contributed by atoms with Crippen LogP contribution in [0.5, 0.6) is 0 Å². The van der Waals surface area contributed by atoms with Gasteiger partial charge in [0.15, 0.2) is 0 Å². The minimum absolute atomic E-state index is 0.0624. The number of nitrogens with zero attached hydrogens (tertiary/aromatic N) is 2. The van der Waals surface area contributed by atoms with Crippen LogP contribution in [0.25, 0.3) is 0 Å². The van der Waals surface area contributed by atoms with Gasteiger partial charge in [0, 0.05) is 29.5 Å². The summed E-state index contributed by atoms with van der Waals surface area (Å²) in [7, 11) is 0. The van der Waals surface area contributed by atoms with E-state index in [4.69, 9.17) is 0 Å². The van der Waals surface area contributed by atoms with Crippen LogP contribution < -0.4 is 0 Å². The van der Waals surface area contributed by atoms with Gasteiger partial charge in [-0.25, -0.2) is 0 Å². The molecule has 6 unspecified atom stereocenters. The van der Waals surface area contributed by atoms with Crippen LogP contribution in [0.3, 0.4) is 0 Å². The lowest BCUT2D eigenvalue weighted by Crippen LogP contribution is -2.68. The Labute approximate surface area is 141 Å². The monoisotopic (exact) mass is 332 g/mol. The summed E-state index contributed by atoms with van der Waals surface area (Å²) in [5.74, 6) is 0.355.